The first-order valence-corrected chi connectivity index (χ1v) is 7.19. The maximum Gasteiger partial charge on any atom is 0.0645 e. The van der Waals surface area contributed by atoms with Crippen LogP contribution in [0.1, 0.15) is 5.56 Å². The zero-order chi connectivity index (χ0) is 13.8. The third kappa shape index (κ3) is 2.91. The highest BCUT2D eigenvalue weighted by Gasteiger charge is 2.02. The van der Waals surface area contributed by atoms with E-state index >= 15 is 0 Å². The smallest absolute Gasteiger partial charge is 0.0645 e. The number of nitrogens with zero attached hydrogens (tertiary/aromatic N) is 2. The minimum Gasteiger partial charge on any atom is -0.380 e. The highest BCUT2D eigenvalue weighted by atomic mass is 79.9. The van der Waals surface area contributed by atoms with E-state index in [9.17, 15) is 0 Å². The summed E-state index contributed by atoms with van der Waals surface area (Å²) in [4.78, 5) is 0. The van der Waals surface area contributed by atoms with Crippen LogP contribution in [0.25, 0.3) is 5.69 Å². The summed E-state index contributed by atoms with van der Waals surface area (Å²) < 4.78 is 2.95. The summed E-state index contributed by atoms with van der Waals surface area (Å²) in [7, 11) is 0. The summed E-state index contributed by atoms with van der Waals surface area (Å²) in [6.45, 7) is 0.745. The van der Waals surface area contributed by atoms with Crippen molar-refractivity contribution in [3.05, 3.63) is 77.0 Å². The van der Waals surface area contributed by atoms with Crippen molar-refractivity contribution in [1.82, 2.24) is 9.78 Å². The molecular weight excluding hydrogens is 314 g/mol. The summed E-state index contributed by atoms with van der Waals surface area (Å²) in [5, 5.41) is 7.78. The van der Waals surface area contributed by atoms with Gasteiger partial charge in [-0.3, -0.25) is 0 Å². The molecule has 1 N–H and O–H groups in total. The number of rotatable bonds is 4. The molecule has 3 rings (SSSR count). The zero-order valence-electron chi connectivity index (χ0n) is 10.8. The van der Waals surface area contributed by atoms with E-state index in [2.05, 4.69) is 26.3 Å². The van der Waals surface area contributed by atoms with Gasteiger partial charge >= 0.3 is 0 Å². The number of benzene rings is 2. The molecule has 0 spiro atoms. The highest BCUT2D eigenvalue weighted by molar-refractivity contribution is 9.10. The number of hydrogen-bond donors (Lipinski definition) is 1. The van der Waals surface area contributed by atoms with Crippen molar-refractivity contribution in [2.45, 2.75) is 6.54 Å². The Bertz CT molecular complexity index is 692. The maximum atomic E-state index is 4.39. The summed E-state index contributed by atoms with van der Waals surface area (Å²) >= 11 is 3.53. The third-order valence-electron chi connectivity index (χ3n) is 3.01. The Kier molecular flexibility index (Phi) is 3.83. The van der Waals surface area contributed by atoms with E-state index in [1.165, 1.54) is 0 Å². The molecule has 0 radical (unpaired) electrons. The predicted octanol–water partition coefficient (Wildman–Crippen LogP) is 4.25. The van der Waals surface area contributed by atoms with Crippen LogP contribution in [0.5, 0.6) is 0 Å². The molecule has 0 aliphatic heterocycles. The Hall–Kier alpha value is -2.07. The summed E-state index contributed by atoms with van der Waals surface area (Å²) in [5.41, 5.74) is 3.30. The molecule has 0 fully saturated rings. The topological polar surface area (TPSA) is 29.9 Å². The van der Waals surface area contributed by atoms with Crippen molar-refractivity contribution in [3.8, 4) is 5.69 Å². The van der Waals surface area contributed by atoms with Crippen LogP contribution >= 0.6 is 15.9 Å². The van der Waals surface area contributed by atoms with Crippen LogP contribution in [0, 0.1) is 0 Å². The lowest BCUT2D eigenvalue weighted by atomic mass is 10.3. The molecule has 1 heterocycles. The number of anilines is 1. The monoisotopic (exact) mass is 327 g/mol. The van der Waals surface area contributed by atoms with Crippen LogP contribution < -0.4 is 5.32 Å². The van der Waals surface area contributed by atoms with Gasteiger partial charge in [0.25, 0.3) is 0 Å². The second kappa shape index (κ2) is 5.92. The van der Waals surface area contributed by atoms with E-state index in [4.69, 9.17) is 0 Å². The minimum absolute atomic E-state index is 0.745. The molecule has 0 bridgehead atoms. The Morgan fingerprint density at radius 2 is 1.75 bits per heavy atom. The van der Waals surface area contributed by atoms with E-state index in [-0.39, 0.29) is 0 Å². The van der Waals surface area contributed by atoms with Gasteiger partial charge in [0.15, 0.2) is 0 Å². The first kappa shape index (κ1) is 12.9. The van der Waals surface area contributed by atoms with Crippen LogP contribution in [0.2, 0.25) is 0 Å². The molecule has 0 unspecified atom stereocenters. The summed E-state index contributed by atoms with van der Waals surface area (Å²) in [5.74, 6) is 0. The molecule has 0 saturated heterocycles. The molecule has 4 heteroatoms. The standard InChI is InChI=1S/C16H14BrN3/c17-15-8-4-5-9-16(15)18-10-13-11-19-20(12-13)14-6-2-1-3-7-14/h1-9,11-12,18H,10H2. The van der Waals surface area contributed by atoms with Crippen molar-refractivity contribution in [2.24, 2.45) is 0 Å². The number of para-hydroxylation sites is 2. The Balaban J connectivity index is 1.71. The Labute approximate surface area is 126 Å². The van der Waals surface area contributed by atoms with Crippen molar-refractivity contribution in [1.29, 1.82) is 0 Å². The van der Waals surface area contributed by atoms with Gasteiger partial charge < -0.3 is 5.32 Å². The molecule has 0 aliphatic carbocycles. The van der Waals surface area contributed by atoms with Gasteiger partial charge in [0, 0.05) is 28.5 Å². The van der Waals surface area contributed by atoms with Crippen molar-refractivity contribution in [2.75, 3.05) is 5.32 Å². The maximum absolute atomic E-state index is 4.39. The number of nitrogens with one attached hydrogen (secondary N) is 1. The van der Waals surface area contributed by atoms with E-state index in [0.717, 1.165) is 28.0 Å². The molecule has 3 nitrogen and oxygen atoms in total. The lowest BCUT2D eigenvalue weighted by molar-refractivity contribution is 0.880. The fourth-order valence-corrected chi connectivity index (χ4v) is 2.40. The number of aromatic nitrogens is 2. The van der Waals surface area contributed by atoms with Gasteiger partial charge in [0.1, 0.15) is 0 Å². The van der Waals surface area contributed by atoms with E-state index in [0.29, 0.717) is 0 Å². The molecule has 0 amide bonds. The van der Waals surface area contributed by atoms with Crippen LogP contribution in [0.4, 0.5) is 5.69 Å². The second-order valence-electron chi connectivity index (χ2n) is 4.46. The molecule has 1 aromatic heterocycles. The van der Waals surface area contributed by atoms with Crippen LogP contribution in [-0.2, 0) is 6.54 Å². The lowest BCUT2D eigenvalue weighted by Crippen LogP contribution is -1.99. The molecule has 0 aliphatic rings. The van der Waals surface area contributed by atoms with E-state index in [1.807, 2.05) is 71.7 Å². The van der Waals surface area contributed by atoms with Crippen LogP contribution in [0.15, 0.2) is 71.5 Å². The van der Waals surface area contributed by atoms with Gasteiger partial charge in [-0.15, -0.1) is 0 Å². The Morgan fingerprint density at radius 1 is 1.00 bits per heavy atom. The largest absolute Gasteiger partial charge is 0.380 e. The van der Waals surface area contributed by atoms with Gasteiger partial charge in [0.2, 0.25) is 0 Å². The average Bonchev–Trinajstić information content (AvgIpc) is 2.96. The van der Waals surface area contributed by atoms with Crippen molar-refractivity contribution < 1.29 is 0 Å². The minimum atomic E-state index is 0.745. The van der Waals surface area contributed by atoms with Gasteiger partial charge in [-0.05, 0) is 40.2 Å². The second-order valence-corrected chi connectivity index (χ2v) is 5.32. The van der Waals surface area contributed by atoms with Gasteiger partial charge in [-0.2, -0.15) is 5.10 Å². The molecule has 2 aromatic carbocycles. The van der Waals surface area contributed by atoms with Crippen molar-refractivity contribution in [3.63, 3.8) is 0 Å². The highest BCUT2D eigenvalue weighted by Crippen LogP contribution is 2.21. The first-order valence-electron chi connectivity index (χ1n) is 6.40. The lowest BCUT2D eigenvalue weighted by Gasteiger charge is -2.06. The van der Waals surface area contributed by atoms with Gasteiger partial charge in [-0.25, -0.2) is 4.68 Å². The normalized spacial score (nSPS) is 10.4. The SMILES string of the molecule is Brc1ccccc1NCc1cnn(-c2ccccc2)c1. The van der Waals surface area contributed by atoms with Crippen LogP contribution in [0.3, 0.4) is 0 Å². The third-order valence-corrected chi connectivity index (χ3v) is 3.71. The van der Waals surface area contributed by atoms with Gasteiger partial charge in [-0.1, -0.05) is 30.3 Å². The fraction of sp³-hybridized carbons (Fsp3) is 0.0625. The molecule has 20 heavy (non-hydrogen) atoms. The van der Waals surface area contributed by atoms with E-state index < -0.39 is 0 Å². The molecule has 0 saturated carbocycles. The quantitative estimate of drug-likeness (QED) is 0.776. The predicted molar refractivity (Wildman–Crippen MR) is 85.0 cm³/mol. The van der Waals surface area contributed by atoms with E-state index in [1.54, 1.807) is 0 Å². The number of hydrogen-bond acceptors (Lipinski definition) is 2. The summed E-state index contributed by atoms with van der Waals surface area (Å²) in [6.07, 6.45) is 3.93. The van der Waals surface area contributed by atoms with Gasteiger partial charge in [0.05, 0.1) is 11.9 Å². The fourth-order valence-electron chi connectivity index (χ4n) is 1.98. The van der Waals surface area contributed by atoms with Crippen LogP contribution in [-0.4, -0.2) is 9.78 Å². The molecule has 0 atom stereocenters. The number of halogens is 1. The van der Waals surface area contributed by atoms with Crippen molar-refractivity contribution >= 4 is 21.6 Å². The molecule has 100 valence electrons. The first-order chi connectivity index (χ1) is 9.83. The Morgan fingerprint density at radius 3 is 2.55 bits per heavy atom. The summed E-state index contributed by atoms with van der Waals surface area (Å²) in [6, 6.07) is 18.2. The average molecular weight is 328 g/mol. The zero-order valence-corrected chi connectivity index (χ0v) is 12.4. The molecular formula is C16H14BrN3. The molecule has 3 aromatic rings.